The summed E-state index contributed by atoms with van der Waals surface area (Å²) in [6.07, 6.45) is -3.44. The van der Waals surface area contributed by atoms with Gasteiger partial charge in [-0.05, 0) is 25.7 Å². The summed E-state index contributed by atoms with van der Waals surface area (Å²) in [5.74, 6) is -0.529. The van der Waals surface area contributed by atoms with Crippen molar-refractivity contribution in [2.24, 2.45) is 5.41 Å². The standard InChI is InChI=1S/C18H20F3N3O3/c1-10(18(19,20)21)27-14-5-13(23-7-12(14)11-3-4-11)16(25)24-15(6-22)17(2)8-26-9-17/h5,7,10-11,15H,3-4,8-9H2,1-2H3,(H,24,25)/t10-,15?/m0/s1. The number of nitrogens with zero attached hydrogens (tertiary/aromatic N) is 2. The van der Waals surface area contributed by atoms with Crippen molar-refractivity contribution >= 4 is 5.91 Å². The van der Waals surface area contributed by atoms with Gasteiger partial charge in [0.2, 0.25) is 0 Å². The van der Waals surface area contributed by atoms with E-state index in [0.717, 1.165) is 19.8 Å². The Labute approximate surface area is 154 Å². The predicted molar refractivity (Wildman–Crippen MR) is 88.2 cm³/mol. The fourth-order valence-electron chi connectivity index (χ4n) is 2.79. The molecule has 2 fully saturated rings. The fourth-order valence-corrected chi connectivity index (χ4v) is 2.79. The second-order valence-corrected chi connectivity index (χ2v) is 7.37. The van der Waals surface area contributed by atoms with E-state index < -0.39 is 29.6 Å². The van der Waals surface area contributed by atoms with E-state index in [9.17, 15) is 23.2 Å². The molecule has 6 nitrogen and oxygen atoms in total. The van der Waals surface area contributed by atoms with Crippen LogP contribution < -0.4 is 10.1 Å². The van der Waals surface area contributed by atoms with Crippen molar-refractivity contribution in [3.05, 3.63) is 23.5 Å². The summed E-state index contributed by atoms with van der Waals surface area (Å²) in [7, 11) is 0. The third kappa shape index (κ3) is 4.16. The molecule has 1 aliphatic heterocycles. The van der Waals surface area contributed by atoms with Gasteiger partial charge >= 0.3 is 6.18 Å². The fraction of sp³-hybridized carbons (Fsp3) is 0.611. The van der Waals surface area contributed by atoms with Crippen molar-refractivity contribution in [2.75, 3.05) is 13.2 Å². The van der Waals surface area contributed by atoms with Gasteiger partial charge in [0.1, 0.15) is 17.5 Å². The number of alkyl halides is 3. The summed E-state index contributed by atoms with van der Waals surface area (Å²) >= 11 is 0. The van der Waals surface area contributed by atoms with E-state index in [0.29, 0.717) is 18.8 Å². The topological polar surface area (TPSA) is 84.2 Å². The van der Waals surface area contributed by atoms with Gasteiger partial charge in [-0.3, -0.25) is 9.78 Å². The molecule has 146 valence electrons. The van der Waals surface area contributed by atoms with E-state index in [1.165, 1.54) is 12.3 Å². The Morgan fingerprint density at radius 1 is 1.48 bits per heavy atom. The van der Waals surface area contributed by atoms with Gasteiger partial charge in [-0.1, -0.05) is 6.92 Å². The smallest absolute Gasteiger partial charge is 0.425 e. The number of aromatic nitrogens is 1. The van der Waals surface area contributed by atoms with Crippen molar-refractivity contribution in [3.8, 4) is 11.8 Å². The monoisotopic (exact) mass is 383 g/mol. The SMILES string of the molecule is C[C@H](Oc1cc(C(=O)NC(C#N)C2(C)COC2)ncc1C1CC1)C(F)(F)F. The first-order valence-electron chi connectivity index (χ1n) is 8.65. The molecule has 27 heavy (non-hydrogen) atoms. The maximum Gasteiger partial charge on any atom is 0.425 e. The van der Waals surface area contributed by atoms with E-state index in [-0.39, 0.29) is 17.4 Å². The molecule has 0 radical (unpaired) electrons. The third-order valence-corrected chi connectivity index (χ3v) is 4.87. The first-order chi connectivity index (χ1) is 12.6. The average Bonchev–Trinajstić information content (AvgIpc) is 3.41. The second kappa shape index (κ2) is 7.00. The maximum absolute atomic E-state index is 12.9. The van der Waals surface area contributed by atoms with Crippen LogP contribution in [0.1, 0.15) is 48.7 Å². The molecule has 1 saturated carbocycles. The molecular formula is C18H20F3N3O3. The number of pyridine rings is 1. The van der Waals surface area contributed by atoms with Gasteiger partial charge in [0, 0.05) is 23.2 Å². The van der Waals surface area contributed by atoms with Crippen LogP contribution in [0.4, 0.5) is 13.2 Å². The number of hydrogen-bond acceptors (Lipinski definition) is 5. The van der Waals surface area contributed by atoms with Gasteiger partial charge in [0.25, 0.3) is 5.91 Å². The minimum atomic E-state index is -4.52. The molecule has 1 aromatic rings. The molecule has 2 heterocycles. The number of carbonyl (C=O) groups is 1. The summed E-state index contributed by atoms with van der Waals surface area (Å²) in [6.45, 7) is 3.42. The van der Waals surface area contributed by atoms with Crippen LogP contribution in [-0.2, 0) is 4.74 Å². The summed E-state index contributed by atoms with van der Waals surface area (Å²) in [4.78, 5) is 16.6. The van der Waals surface area contributed by atoms with E-state index in [4.69, 9.17) is 9.47 Å². The number of nitriles is 1. The van der Waals surface area contributed by atoms with Crippen LogP contribution in [0.2, 0.25) is 0 Å². The van der Waals surface area contributed by atoms with E-state index in [1.54, 1.807) is 0 Å². The number of nitrogens with one attached hydrogen (secondary N) is 1. The Morgan fingerprint density at radius 2 is 2.15 bits per heavy atom. The van der Waals surface area contributed by atoms with E-state index in [2.05, 4.69) is 10.3 Å². The lowest BCUT2D eigenvalue weighted by molar-refractivity contribution is -0.189. The first-order valence-corrected chi connectivity index (χ1v) is 8.65. The van der Waals surface area contributed by atoms with Crippen LogP contribution >= 0.6 is 0 Å². The Morgan fingerprint density at radius 3 is 2.63 bits per heavy atom. The van der Waals surface area contributed by atoms with Gasteiger partial charge < -0.3 is 14.8 Å². The van der Waals surface area contributed by atoms with Gasteiger partial charge in [0.05, 0.1) is 19.3 Å². The number of rotatable bonds is 6. The highest BCUT2D eigenvalue weighted by Crippen LogP contribution is 2.44. The summed E-state index contributed by atoms with van der Waals surface area (Å²) < 4.78 is 48.8. The predicted octanol–water partition coefficient (Wildman–Crippen LogP) is 2.95. The Hall–Kier alpha value is -2.34. The highest BCUT2D eigenvalue weighted by Gasteiger charge is 2.43. The van der Waals surface area contributed by atoms with Crippen molar-refractivity contribution < 1.29 is 27.4 Å². The first kappa shape index (κ1) is 19.4. The Bertz CT molecular complexity index is 767. The minimum Gasteiger partial charge on any atom is -0.481 e. The molecule has 2 aliphatic rings. The maximum atomic E-state index is 12.9. The van der Waals surface area contributed by atoms with Gasteiger partial charge in [-0.2, -0.15) is 18.4 Å². The summed E-state index contributed by atoms with van der Waals surface area (Å²) in [5, 5.41) is 11.9. The van der Waals surface area contributed by atoms with Crippen molar-refractivity contribution in [3.63, 3.8) is 0 Å². The van der Waals surface area contributed by atoms with E-state index >= 15 is 0 Å². The van der Waals surface area contributed by atoms with Gasteiger partial charge in [-0.25, -0.2) is 0 Å². The molecule has 9 heteroatoms. The van der Waals surface area contributed by atoms with Crippen LogP contribution in [0, 0.1) is 16.7 Å². The summed E-state index contributed by atoms with van der Waals surface area (Å²) in [6, 6.07) is 2.46. The molecule has 1 aromatic heterocycles. The molecule has 1 aliphatic carbocycles. The summed E-state index contributed by atoms with van der Waals surface area (Å²) in [5.41, 5.74) is -0.0191. The Kier molecular flexibility index (Phi) is 5.04. The van der Waals surface area contributed by atoms with E-state index in [1.807, 2.05) is 13.0 Å². The molecule has 3 rings (SSSR count). The zero-order valence-corrected chi connectivity index (χ0v) is 15.0. The molecule has 0 bridgehead atoms. The van der Waals surface area contributed by atoms with Gasteiger partial charge in [-0.15, -0.1) is 0 Å². The van der Waals surface area contributed by atoms with Crippen molar-refractivity contribution in [1.29, 1.82) is 5.26 Å². The number of hydrogen-bond donors (Lipinski definition) is 1. The third-order valence-electron chi connectivity index (χ3n) is 4.87. The lowest BCUT2D eigenvalue weighted by Crippen LogP contribution is -2.55. The molecule has 0 aromatic carbocycles. The number of halogens is 3. The zero-order chi connectivity index (χ0) is 19.8. The molecule has 2 atom stereocenters. The van der Waals surface area contributed by atoms with Gasteiger partial charge in [0.15, 0.2) is 6.10 Å². The minimum absolute atomic E-state index is 0.00849. The highest BCUT2D eigenvalue weighted by atomic mass is 19.4. The molecule has 1 saturated heterocycles. The lowest BCUT2D eigenvalue weighted by Gasteiger charge is -2.41. The van der Waals surface area contributed by atoms with Crippen LogP contribution in [0.15, 0.2) is 12.3 Å². The van der Waals surface area contributed by atoms with Crippen molar-refractivity contribution in [1.82, 2.24) is 10.3 Å². The second-order valence-electron chi connectivity index (χ2n) is 7.37. The number of ether oxygens (including phenoxy) is 2. The normalized spacial score (nSPS) is 20.7. The molecular weight excluding hydrogens is 363 g/mol. The zero-order valence-electron chi connectivity index (χ0n) is 15.0. The molecule has 1 unspecified atom stereocenters. The van der Waals surface area contributed by atoms with Crippen LogP contribution in [0.3, 0.4) is 0 Å². The number of carbonyl (C=O) groups excluding carboxylic acids is 1. The number of amides is 1. The Balaban J connectivity index is 1.80. The lowest BCUT2D eigenvalue weighted by atomic mass is 9.81. The highest BCUT2D eigenvalue weighted by molar-refractivity contribution is 5.93. The van der Waals surface area contributed by atoms with Crippen LogP contribution in [-0.4, -0.2) is 42.4 Å². The van der Waals surface area contributed by atoms with Crippen LogP contribution in [0.25, 0.3) is 0 Å². The molecule has 1 amide bonds. The van der Waals surface area contributed by atoms with Crippen molar-refractivity contribution in [2.45, 2.75) is 50.9 Å². The largest absolute Gasteiger partial charge is 0.481 e. The molecule has 0 spiro atoms. The quantitative estimate of drug-likeness (QED) is 0.817. The average molecular weight is 383 g/mol. The van der Waals surface area contributed by atoms with Crippen LogP contribution in [0.5, 0.6) is 5.75 Å². The molecule has 1 N–H and O–H groups in total.